The number of benzene rings is 1. The first-order chi connectivity index (χ1) is 7.69. The lowest BCUT2D eigenvalue weighted by atomic mass is 10.0. The van der Waals surface area contributed by atoms with Crippen molar-refractivity contribution >= 4 is 5.69 Å². The van der Waals surface area contributed by atoms with E-state index in [1.807, 2.05) is 32.3 Å². The van der Waals surface area contributed by atoms with Gasteiger partial charge in [0.1, 0.15) is 0 Å². The van der Waals surface area contributed by atoms with E-state index in [4.69, 9.17) is 5.26 Å². The molecule has 0 aliphatic carbocycles. The summed E-state index contributed by atoms with van der Waals surface area (Å²) in [6.07, 6.45) is 0.883. The van der Waals surface area contributed by atoms with Gasteiger partial charge in [0.2, 0.25) is 0 Å². The molecule has 0 aromatic heterocycles. The van der Waals surface area contributed by atoms with E-state index in [0.717, 1.165) is 36.3 Å². The van der Waals surface area contributed by atoms with E-state index in [9.17, 15) is 0 Å². The molecular formula is C13H19N3. The quantitative estimate of drug-likeness (QED) is 0.821. The summed E-state index contributed by atoms with van der Waals surface area (Å²) in [6, 6.07) is 8.07. The summed E-state index contributed by atoms with van der Waals surface area (Å²) in [7, 11) is 4.10. The fraction of sp³-hybridized carbons (Fsp3) is 0.462. The summed E-state index contributed by atoms with van der Waals surface area (Å²) in [5.41, 5.74) is 2.98. The van der Waals surface area contributed by atoms with Crippen LogP contribution in [0.1, 0.15) is 18.1 Å². The van der Waals surface area contributed by atoms with Gasteiger partial charge in [-0.1, -0.05) is 13.0 Å². The maximum absolute atomic E-state index is 9.00. The van der Waals surface area contributed by atoms with Gasteiger partial charge in [-0.25, -0.2) is 0 Å². The van der Waals surface area contributed by atoms with Crippen LogP contribution in [0.2, 0.25) is 0 Å². The zero-order valence-electron chi connectivity index (χ0n) is 10.2. The van der Waals surface area contributed by atoms with Crippen molar-refractivity contribution in [2.45, 2.75) is 13.3 Å². The van der Waals surface area contributed by atoms with Crippen LogP contribution in [0.4, 0.5) is 5.69 Å². The molecule has 1 N–H and O–H groups in total. The van der Waals surface area contributed by atoms with E-state index in [1.165, 1.54) is 0 Å². The molecule has 0 unspecified atom stereocenters. The molecule has 1 rings (SSSR count). The second-order valence-corrected chi connectivity index (χ2v) is 4.03. The lowest BCUT2D eigenvalue weighted by Gasteiger charge is -2.14. The molecule has 0 heterocycles. The second-order valence-electron chi connectivity index (χ2n) is 4.03. The molecule has 0 fully saturated rings. The number of nitrogens with one attached hydrogen (secondary N) is 1. The van der Waals surface area contributed by atoms with Crippen LogP contribution in [0.3, 0.4) is 0 Å². The van der Waals surface area contributed by atoms with Crippen molar-refractivity contribution in [3.8, 4) is 6.07 Å². The lowest BCUT2D eigenvalue weighted by molar-refractivity contribution is 0.425. The number of rotatable bonds is 5. The first-order valence-electron chi connectivity index (χ1n) is 5.59. The van der Waals surface area contributed by atoms with Crippen molar-refractivity contribution in [2.24, 2.45) is 0 Å². The van der Waals surface area contributed by atoms with Crippen LogP contribution in [-0.2, 0) is 6.42 Å². The van der Waals surface area contributed by atoms with Crippen LogP contribution in [0.15, 0.2) is 18.2 Å². The molecule has 0 saturated heterocycles. The Bertz CT molecular complexity index is 377. The van der Waals surface area contributed by atoms with Crippen molar-refractivity contribution in [3.63, 3.8) is 0 Å². The molecule has 0 aliphatic heterocycles. The molecule has 0 radical (unpaired) electrons. The number of anilines is 1. The summed E-state index contributed by atoms with van der Waals surface area (Å²) < 4.78 is 0. The maximum Gasteiger partial charge on any atom is 0.0995 e. The Morgan fingerprint density at radius 3 is 2.69 bits per heavy atom. The maximum atomic E-state index is 9.00. The Labute approximate surface area is 97.7 Å². The Morgan fingerprint density at radius 1 is 1.38 bits per heavy atom. The van der Waals surface area contributed by atoms with Crippen molar-refractivity contribution < 1.29 is 0 Å². The standard InChI is InChI=1S/C13H19N3/c1-4-12-11(10-14)6-5-7-13(12)15-8-9-16(2)3/h5-7,15H,4,8-9H2,1-3H3. The van der Waals surface area contributed by atoms with Crippen LogP contribution in [0.5, 0.6) is 0 Å². The van der Waals surface area contributed by atoms with Crippen LogP contribution in [0.25, 0.3) is 0 Å². The van der Waals surface area contributed by atoms with E-state index in [2.05, 4.69) is 23.2 Å². The highest BCUT2D eigenvalue weighted by atomic mass is 15.1. The lowest BCUT2D eigenvalue weighted by Crippen LogP contribution is -2.21. The van der Waals surface area contributed by atoms with Crippen molar-refractivity contribution in [3.05, 3.63) is 29.3 Å². The van der Waals surface area contributed by atoms with Gasteiger partial charge < -0.3 is 10.2 Å². The number of nitriles is 1. The third-order valence-electron chi connectivity index (χ3n) is 2.52. The topological polar surface area (TPSA) is 39.1 Å². The molecule has 1 aromatic rings. The Hall–Kier alpha value is -1.53. The Morgan fingerprint density at radius 2 is 2.12 bits per heavy atom. The first kappa shape index (κ1) is 12.5. The molecule has 3 nitrogen and oxygen atoms in total. The molecule has 0 spiro atoms. The summed E-state index contributed by atoms with van der Waals surface area (Å²) in [5.74, 6) is 0. The summed E-state index contributed by atoms with van der Waals surface area (Å²) >= 11 is 0. The number of hydrogen-bond acceptors (Lipinski definition) is 3. The molecular weight excluding hydrogens is 198 g/mol. The van der Waals surface area contributed by atoms with Crippen molar-refractivity contribution in [2.75, 3.05) is 32.5 Å². The third kappa shape index (κ3) is 3.25. The van der Waals surface area contributed by atoms with Gasteiger partial charge in [-0.05, 0) is 38.2 Å². The second kappa shape index (κ2) is 6.14. The van der Waals surface area contributed by atoms with E-state index >= 15 is 0 Å². The molecule has 0 amide bonds. The molecule has 0 aliphatic rings. The van der Waals surface area contributed by atoms with Crippen LogP contribution in [-0.4, -0.2) is 32.1 Å². The van der Waals surface area contributed by atoms with Gasteiger partial charge in [-0.15, -0.1) is 0 Å². The molecule has 1 aromatic carbocycles. The fourth-order valence-corrected chi connectivity index (χ4v) is 1.65. The first-order valence-corrected chi connectivity index (χ1v) is 5.59. The van der Waals surface area contributed by atoms with Gasteiger partial charge in [0.25, 0.3) is 0 Å². The molecule has 0 atom stereocenters. The average molecular weight is 217 g/mol. The molecule has 86 valence electrons. The normalized spacial score (nSPS) is 10.2. The number of nitrogens with zero attached hydrogens (tertiary/aromatic N) is 2. The molecule has 16 heavy (non-hydrogen) atoms. The van der Waals surface area contributed by atoms with Gasteiger partial charge in [-0.3, -0.25) is 0 Å². The predicted molar refractivity (Wildman–Crippen MR) is 67.6 cm³/mol. The molecule has 0 saturated carbocycles. The Kier molecular flexibility index (Phi) is 4.81. The van der Waals surface area contributed by atoms with E-state index in [1.54, 1.807) is 0 Å². The highest BCUT2D eigenvalue weighted by Crippen LogP contribution is 2.19. The van der Waals surface area contributed by atoms with Crippen LogP contribution < -0.4 is 5.32 Å². The van der Waals surface area contributed by atoms with Crippen molar-refractivity contribution in [1.29, 1.82) is 5.26 Å². The van der Waals surface area contributed by atoms with Gasteiger partial charge >= 0.3 is 0 Å². The van der Waals surface area contributed by atoms with E-state index in [0.29, 0.717) is 0 Å². The average Bonchev–Trinajstić information content (AvgIpc) is 2.28. The predicted octanol–water partition coefficient (Wildman–Crippen LogP) is 2.09. The zero-order chi connectivity index (χ0) is 12.0. The summed E-state index contributed by atoms with van der Waals surface area (Å²) in [4.78, 5) is 2.13. The molecule has 3 heteroatoms. The summed E-state index contributed by atoms with van der Waals surface area (Å²) in [5, 5.41) is 12.4. The molecule has 0 bridgehead atoms. The summed E-state index contributed by atoms with van der Waals surface area (Å²) in [6.45, 7) is 3.96. The number of hydrogen-bond donors (Lipinski definition) is 1. The SMILES string of the molecule is CCc1c(C#N)cccc1NCCN(C)C. The van der Waals surface area contributed by atoms with Gasteiger partial charge in [0, 0.05) is 18.8 Å². The highest BCUT2D eigenvalue weighted by Gasteiger charge is 2.05. The minimum Gasteiger partial charge on any atom is -0.384 e. The highest BCUT2D eigenvalue weighted by molar-refractivity contribution is 5.58. The van der Waals surface area contributed by atoms with Crippen LogP contribution >= 0.6 is 0 Å². The van der Waals surface area contributed by atoms with Gasteiger partial charge in [-0.2, -0.15) is 5.26 Å². The van der Waals surface area contributed by atoms with Gasteiger partial charge in [0.15, 0.2) is 0 Å². The monoisotopic (exact) mass is 217 g/mol. The van der Waals surface area contributed by atoms with E-state index < -0.39 is 0 Å². The van der Waals surface area contributed by atoms with Crippen LogP contribution in [0, 0.1) is 11.3 Å². The number of likely N-dealkylation sites (N-methyl/N-ethyl adjacent to an activating group) is 1. The zero-order valence-corrected chi connectivity index (χ0v) is 10.2. The third-order valence-corrected chi connectivity index (χ3v) is 2.52. The smallest absolute Gasteiger partial charge is 0.0995 e. The van der Waals surface area contributed by atoms with E-state index in [-0.39, 0.29) is 0 Å². The minimum atomic E-state index is 0.775. The fourth-order valence-electron chi connectivity index (χ4n) is 1.65. The Balaban J connectivity index is 2.76. The largest absolute Gasteiger partial charge is 0.384 e. The minimum absolute atomic E-state index is 0.775. The van der Waals surface area contributed by atoms with Crippen molar-refractivity contribution in [1.82, 2.24) is 4.90 Å². The van der Waals surface area contributed by atoms with Gasteiger partial charge in [0.05, 0.1) is 11.6 Å².